The predicted octanol–water partition coefficient (Wildman–Crippen LogP) is 5.36. The van der Waals surface area contributed by atoms with Crippen molar-refractivity contribution in [2.45, 2.75) is 51.9 Å². The standard InChI is InChI=1S/C33H38N2O6/c1-21(2)24(17-30(36)35-31(32(37)38)22(3)40-19-23-11-5-4-6-12-23)18-34-33(39)41-20-29-27-15-9-7-13-25(27)26-14-8-10-16-28(26)29/h4-16,21-22,24,29,31H,17-20H2,1-3H3,(H,34,39)(H,35,36)(H,37,38)/t22-,24?,31+/m0/s1. The van der Waals surface area contributed by atoms with E-state index in [1.54, 1.807) is 6.92 Å². The molecule has 0 bridgehead atoms. The zero-order chi connectivity index (χ0) is 29.4. The molecule has 3 N–H and O–H groups in total. The number of hydrogen-bond acceptors (Lipinski definition) is 5. The van der Waals surface area contributed by atoms with Crippen LogP contribution in [0.25, 0.3) is 11.1 Å². The molecule has 3 aromatic carbocycles. The minimum atomic E-state index is -1.20. The molecule has 1 aliphatic rings. The number of rotatable bonds is 13. The Morgan fingerprint density at radius 3 is 2.02 bits per heavy atom. The van der Waals surface area contributed by atoms with Crippen LogP contribution >= 0.6 is 0 Å². The second-order valence-corrected chi connectivity index (χ2v) is 10.8. The molecule has 0 saturated heterocycles. The highest BCUT2D eigenvalue weighted by molar-refractivity contribution is 5.84. The average Bonchev–Trinajstić information content (AvgIpc) is 3.29. The van der Waals surface area contributed by atoms with Crippen molar-refractivity contribution >= 4 is 18.0 Å². The van der Waals surface area contributed by atoms with Crippen LogP contribution in [-0.4, -0.2) is 48.4 Å². The van der Waals surface area contributed by atoms with Gasteiger partial charge in [-0.25, -0.2) is 9.59 Å². The molecule has 3 aromatic rings. The molecule has 0 saturated carbocycles. The van der Waals surface area contributed by atoms with Gasteiger partial charge in [-0.05, 0) is 46.6 Å². The first-order chi connectivity index (χ1) is 19.7. The van der Waals surface area contributed by atoms with Crippen LogP contribution in [0.2, 0.25) is 0 Å². The van der Waals surface area contributed by atoms with E-state index in [0.29, 0.717) is 0 Å². The molecule has 1 aliphatic carbocycles. The molecule has 0 aliphatic heterocycles. The van der Waals surface area contributed by atoms with Gasteiger partial charge in [-0.1, -0.05) is 92.7 Å². The summed E-state index contributed by atoms with van der Waals surface area (Å²) in [5.74, 6) is -1.79. The molecule has 41 heavy (non-hydrogen) atoms. The van der Waals surface area contributed by atoms with Crippen molar-refractivity contribution in [2.24, 2.45) is 11.8 Å². The van der Waals surface area contributed by atoms with Crippen LogP contribution < -0.4 is 10.6 Å². The lowest BCUT2D eigenvalue weighted by molar-refractivity contribution is -0.146. The summed E-state index contributed by atoms with van der Waals surface area (Å²) < 4.78 is 11.3. The van der Waals surface area contributed by atoms with Gasteiger partial charge < -0.3 is 25.2 Å². The van der Waals surface area contributed by atoms with E-state index in [4.69, 9.17) is 9.47 Å². The number of carboxylic acids is 1. The first-order valence-electron chi connectivity index (χ1n) is 14.0. The van der Waals surface area contributed by atoms with Gasteiger partial charge in [0.1, 0.15) is 6.61 Å². The number of carbonyl (C=O) groups is 3. The maximum absolute atomic E-state index is 12.9. The average molecular weight is 559 g/mol. The van der Waals surface area contributed by atoms with Gasteiger partial charge in [-0.2, -0.15) is 0 Å². The Morgan fingerprint density at radius 1 is 0.854 bits per heavy atom. The molecule has 0 heterocycles. The Bertz CT molecular complexity index is 1300. The monoisotopic (exact) mass is 558 g/mol. The van der Waals surface area contributed by atoms with Crippen LogP contribution in [0.15, 0.2) is 78.9 Å². The highest BCUT2D eigenvalue weighted by Crippen LogP contribution is 2.44. The second kappa shape index (κ2) is 13.9. The minimum Gasteiger partial charge on any atom is -0.480 e. The minimum absolute atomic E-state index is 0.0427. The smallest absolute Gasteiger partial charge is 0.407 e. The van der Waals surface area contributed by atoms with Crippen LogP contribution in [0.1, 0.15) is 49.8 Å². The van der Waals surface area contributed by atoms with Crippen LogP contribution in [0.4, 0.5) is 4.79 Å². The summed E-state index contributed by atoms with van der Waals surface area (Å²) in [5.41, 5.74) is 5.49. The number of alkyl carbamates (subject to hydrolysis) is 1. The third kappa shape index (κ3) is 7.73. The third-order valence-corrected chi connectivity index (χ3v) is 7.65. The van der Waals surface area contributed by atoms with Gasteiger partial charge in [0.15, 0.2) is 6.04 Å². The Hall–Kier alpha value is -4.17. The Kier molecular flexibility index (Phi) is 10.1. The van der Waals surface area contributed by atoms with E-state index in [2.05, 4.69) is 34.9 Å². The van der Waals surface area contributed by atoms with E-state index in [0.717, 1.165) is 27.8 Å². The van der Waals surface area contributed by atoms with E-state index in [1.165, 1.54) is 0 Å². The van der Waals surface area contributed by atoms with Crippen LogP contribution in [0.3, 0.4) is 0 Å². The molecule has 3 atom stereocenters. The summed E-state index contributed by atoms with van der Waals surface area (Å²) in [4.78, 5) is 37.4. The number of benzene rings is 3. The van der Waals surface area contributed by atoms with E-state index >= 15 is 0 Å². The second-order valence-electron chi connectivity index (χ2n) is 10.8. The fraction of sp³-hybridized carbons (Fsp3) is 0.364. The first kappa shape index (κ1) is 29.8. The third-order valence-electron chi connectivity index (χ3n) is 7.65. The molecule has 8 nitrogen and oxygen atoms in total. The summed E-state index contributed by atoms with van der Waals surface area (Å²) in [7, 11) is 0. The van der Waals surface area contributed by atoms with E-state index < -0.39 is 30.1 Å². The van der Waals surface area contributed by atoms with E-state index in [1.807, 2.05) is 68.4 Å². The van der Waals surface area contributed by atoms with Crippen molar-refractivity contribution < 1.29 is 29.0 Å². The van der Waals surface area contributed by atoms with Crippen molar-refractivity contribution in [3.8, 4) is 11.1 Å². The largest absolute Gasteiger partial charge is 0.480 e. The predicted molar refractivity (Wildman–Crippen MR) is 156 cm³/mol. The Morgan fingerprint density at radius 2 is 1.44 bits per heavy atom. The quantitative estimate of drug-likeness (QED) is 0.260. The summed E-state index contributed by atoms with van der Waals surface area (Å²) in [6, 6.07) is 24.5. The number of aliphatic carboxylic acids is 1. The van der Waals surface area contributed by atoms with Gasteiger partial charge in [-0.3, -0.25) is 4.79 Å². The normalized spacial score (nSPS) is 14.4. The molecule has 2 amide bonds. The van der Waals surface area contributed by atoms with Crippen LogP contribution in [-0.2, 0) is 25.7 Å². The zero-order valence-corrected chi connectivity index (χ0v) is 23.7. The zero-order valence-electron chi connectivity index (χ0n) is 23.7. The molecule has 0 aromatic heterocycles. The van der Waals surface area contributed by atoms with Crippen LogP contribution in [0.5, 0.6) is 0 Å². The number of fused-ring (bicyclic) bond motifs is 3. The van der Waals surface area contributed by atoms with Crippen molar-refractivity contribution in [1.82, 2.24) is 10.6 Å². The molecular formula is C33H38N2O6. The lowest BCUT2D eigenvalue weighted by Gasteiger charge is -2.25. The van der Waals surface area contributed by atoms with E-state index in [9.17, 15) is 19.5 Å². The van der Waals surface area contributed by atoms with Gasteiger partial charge >= 0.3 is 12.1 Å². The summed E-state index contributed by atoms with van der Waals surface area (Å²) in [5, 5.41) is 15.1. The molecule has 4 rings (SSSR count). The highest BCUT2D eigenvalue weighted by atomic mass is 16.5. The van der Waals surface area contributed by atoms with Crippen LogP contribution in [0, 0.1) is 11.8 Å². The number of nitrogens with one attached hydrogen (secondary N) is 2. The molecule has 1 unspecified atom stereocenters. The number of amides is 2. The number of ether oxygens (including phenoxy) is 2. The maximum Gasteiger partial charge on any atom is 0.407 e. The molecule has 216 valence electrons. The molecular weight excluding hydrogens is 520 g/mol. The lowest BCUT2D eigenvalue weighted by atomic mass is 9.92. The van der Waals surface area contributed by atoms with Gasteiger partial charge in [0.2, 0.25) is 5.91 Å². The van der Waals surface area contributed by atoms with Crippen molar-refractivity contribution in [3.05, 3.63) is 95.6 Å². The number of hydrogen-bond donors (Lipinski definition) is 3. The van der Waals surface area contributed by atoms with Gasteiger partial charge in [0, 0.05) is 18.9 Å². The number of carbonyl (C=O) groups excluding carboxylic acids is 2. The summed E-state index contributed by atoms with van der Waals surface area (Å²) in [6.07, 6.45) is -1.24. The van der Waals surface area contributed by atoms with Crippen molar-refractivity contribution in [1.29, 1.82) is 0 Å². The lowest BCUT2D eigenvalue weighted by Crippen LogP contribution is -2.49. The Balaban J connectivity index is 1.27. The SMILES string of the molecule is CC(C)C(CNC(=O)OCC1c2ccccc2-c2ccccc21)CC(=O)N[C@@H](C(=O)O)[C@H](C)OCc1ccccc1. The first-order valence-corrected chi connectivity index (χ1v) is 14.0. The van der Waals surface area contributed by atoms with Gasteiger partial charge in [0.25, 0.3) is 0 Å². The highest BCUT2D eigenvalue weighted by Gasteiger charge is 2.30. The Labute approximate surface area is 241 Å². The molecule has 0 fully saturated rings. The fourth-order valence-corrected chi connectivity index (χ4v) is 5.16. The topological polar surface area (TPSA) is 114 Å². The summed E-state index contributed by atoms with van der Waals surface area (Å²) in [6.45, 7) is 6.20. The number of carboxylic acid groups (broad SMARTS) is 1. The molecule has 0 radical (unpaired) electrons. The fourth-order valence-electron chi connectivity index (χ4n) is 5.16. The molecule has 8 heteroatoms. The molecule has 0 spiro atoms. The maximum atomic E-state index is 12.9. The van der Waals surface area contributed by atoms with Gasteiger partial charge in [-0.15, -0.1) is 0 Å². The van der Waals surface area contributed by atoms with Crippen molar-refractivity contribution in [3.63, 3.8) is 0 Å². The summed E-state index contributed by atoms with van der Waals surface area (Å²) >= 11 is 0. The van der Waals surface area contributed by atoms with E-state index in [-0.39, 0.29) is 43.9 Å². The van der Waals surface area contributed by atoms with Gasteiger partial charge in [0.05, 0.1) is 12.7 Å². The van der Waals surface area contributed by atoms with Crippen molar-refractivity contribution in [2.75, 3.05) is 13.2 Å².